The Bertz CT molecular complexity index is 462. The molecule has 0 amide bonds. The van der Waals surface area contributed by atoms with Gasteiger partial charge in [-0.25, -0.2) is 4.79 Å². The minimum Gasteiger partial charge on any atom is -0.493 e. The Balaban J connectivity index is 2.73. The summed E-state index contributed by atoms with van der Waals surface area (Å²) in [5, 5.41) is 0. The molecule has 7 nitrogen and oxygen atoms in total. The summed E-state index contributed by atoms with van der Waals surface area (Å²) in [5.74, 6) is 0.476. The van der Waals surface area contributed by atoms with Gasteiger partial charge in [0.1, 0.15) is 0 Å². The van der Waals surface area contributed by atoms with Gasteiger partial charge in [-0.15, -0.1) is 0 Å². The largest absolute Gasteiger partial charge is 0.493 e. The lowest BCUT2D eigenvalue weighted by molar-refractivity contribution is -0.244. The van der Waals surface area contributed by atoms with Gasteiger partial charge in [0.25, 0.3) is 0 Å². The molecule has 1 aromatic rings. The second-order valence-corrected chi connectivity index (χ2v) is 4.44. The van der Waals surface area contributed by atoms with E-state index in [0.29, 0.717) is 23.7 Å². The first-order valence-electron chi connectivity index (χ1n) is 6.73. The second kappa shape index (κ2) is 9.11. The van der Waals surface area contributed by atoms with E-state index in [-0.39, 0.29) is 18.3 Å². The Morgan fingerprint density at radius 2 is 1.64 bits per heavy atom. The Morgan fingerprint density at radius 1 is 1.05 bits per heavy atom. The standard InChI is InChI=1S/C15H22O7/c1-10(17-2)6-7-21-22-15(16)11-8-12(18-3)14(20-5)13(9-11)19-4/h8-10H,6-7H2,1-5H3. The number of benzene rings is 1. The molecule has 0 saturated carbocycles. The topological polar surface area (TPSA) is 72.5 Å². The van der Waals surface area contributed by atoms with Crippen LogP contribution >= 0.6 is 0 Å². The molecule has 0 aliphatic carbocycles. The summed E-state index contributed by atoms with van der Waals surface area (Å²) in [6.45, 7) is 2.13. The fourth-order valence-corrected chi connectivity index (χ4v) is 1.67. The number of carbonyl (C=O) groups excluding carboxylic acids is 1. The summed E-state index contributed by atoms with van der Waals surface area (Å²) in [5.41, 5.74) is 0.231. The third-order valence-corrected chi connectivity index (χ3v) is 3.05. The van der Waals surface area contributed by atoms with Gasteiger partial charge in [0.2, 0.25) is 5.75 Å². The predicted molar refractivity (Wildman–Crippen MR) is 78.6 cm³/mol. The highest BCUT2D eigenvalue weighted by molar-refractivity contribution is 5.90. The van der Waals surface area contributed by atoms with Crippen molar-refractivity contribution < 1.29 is 33.5 Å². The summed E-state index contributed by atoms with van der Waals surface area (Å²) >= 11 is 0. The van der Waals surface area contributed by atoms with Crippen molar-refractivity contribution in [3.05, 3.63) is 17.7 Å². The van der Waals surface area contributed by atoms with Crippen LogP contribution in [0.3, 0.4) is 0 Å². The van der Waals surface area contributed by atoms with Crippen LogP contribution < -0.4 is 14.2 Å². The van der Waals surface area contributed by atoms with Crippen molar-refractivity contribution in [1.82, 2.24) is 0 Å². The molecule has 0 bridgehead atoms. The zero-order valence-electron chi connectivity index (χ0n) is 13.5. The molecule has 0 aliphatic heterocycles. The van der Waals surface area contributed by atoms with Crippen LogP contribution in [0.15, 0.2) is 12.1 Å². The van der Waals surface area contributed by atoms with Crippen LogP contribution in [-0.2, 0) is 14.5 Å². The monoisotopic (exact) mass is 314 g/mol. The number of carbonyl (C=O) groups is 1. The average molecular weight is 314 g/mol. The van der Waals surface area contributed by atoms with E-state index in [1.807, 2.05) is 6.92 Å². The van der Waals surface area contributed by atoms with Crippen LogP contribution in [0.5, 0.6) is 17.2 Å². The third-order valence-electron chi connectivity index (χ3n) is 3.05. The number of hydrogen-bond donors (Lipinski definition) is 0. The molecule has 124 valence electrons. The van der Waals surface area contributed by atoms with E-state index in [9.17, 15) is 4.79 Å². The number of hydrogen-bond acceptors (Lipinski definition) is 7. The lowest BCUT2D eigenvalue weighted by atomic mass is 10.2. The molecule has 0 N–H and O–H groups in total. The summed E-state index contributed by atoms with van der Waals surface area (Å²) in [6.07, 6.45) is 0.638. The maximum absolute atomic E-state index is 12.0. The SMILES string of the molecule is COc1cc(C(=O)OOCCC(C)OC)cc(OC)c1OC. The molecule has 0 aromatic heterocycles. The van der Waals surface area contributed by atoms with E-state index < -0.39 is 5.97 Å². The van der Waals surface area contributed by atoms with Crippen molar-refractivity contribution in [2.75, 3.05) is 35.0 Å². The van der Waals surface area contributed by atoms with Crippen molar-refractivity contribution in [3.63, 3.8) is 0 Å². The second-order valence-electron chi connectivity index (χ2n) is 4.44. The van der Waals surface area contributed by atoms with Crippen LogP contribution in [0.25, 0.3) is 0 Å². The van der Waals surface area contributed by atoms with Gasteiger partial charge in [-0.1, -0.05) is 0 Å². The number of rotatable bonds is 9. The van der Waals surface area contributed by atoms with Gasteiger partial charge in [-0.3, -0.25) is 4.89 Å². The minimum absolute atomic E-state index is 0.0277. The summed E-state index contributed by atoms with van der Waals surface area (Å²) in [6, 6.07) is 2.98. The van der Waals surface area contributed by atoms with Gasteiger partial charge in [-0.05, 0) is 19.1 Å². The molecule has 1 atom stereocenters. The molecule has 22 heavy (non-hydrogen) atoms. The molecule has 0 spiro atoms. The average Bonchev–Trinajstić information content (AvgIpc) is 2.56. The van der Waals surface area contributed by atoms with E-state index in [1.54, 1.807) is 7.11 Å². The van der Waals surface area contributed by atoms with E-state index >= 15 is 0 Å². The highest BCUT2D eigenvalue weighted by atomic mass is 17.2. The molecule has 0 radical (unpaired) electrons. The fraction of sp³-hybridized carbons (Fsp3) is 0.533. The van der Waals surface area contributed by atoms with Gasteiger partial charge in [0.15, 0.2) is 11.5 Å². The maximum atomic E-state index is 12.0. The molecule has 7 heteroatoms. The van der Waals surface area contributed by atoms with Crippen molar-refractivity contribution >= 4 is 5.97 Å². The Labute approximate surface area is 129 Å². The molecule has 1 aromatic carbocycles. The highest BCUT2D eigenvalue weighted by Gasteiger charge is 2.18. The van der Waals surface area contributed by atoms with Crippen LogP contribution in [0.1, 0.15) is 23.7 Å². The van der Waals surface area contributed by atoms with Crippen LogP contribution in [0.2, 0.25) is 0 Å². The quantitative estimate of drug-likeness (QED) is 0.393. The lowest BCUT2D eigenvalue weighted by Gasteiger charge is -2.13. The van der Waals surface area contributed by atoms with Crippen LogP contribution in [-0.4, -0.2) is 47.1 Å². The van der Waals surface area contributed by atoms with E-state index in [4.69, 9.17) is 28.7 Å². The molecule has 0 saturated heterocycles. The fourth-order valence-electron chi connectivity index (χ4n) is 1.67. The van der Waals surface area contributed by atoms with Gasteiger partial charge in [0.05, 0.1) is 39.6 Å². The van der Waals surface area contributed by atoms with E-state index in [1.165, 1.54) is 33.5 Å². The molecule has 0 aliphatic rings. The summed E-state index contributed by atoms with van der Waals surface area (Å²) in [4.78, 5) is 21.6. The third kappa shape index (κ3) is 4.78. The Morgan fingerprint density at radius 3 is 2.09 bits per heavy atom. The van der Waals surface area contributed by atoms with Crippen molar-refractivity contribution in [2.45, 2.75) is 19.4 Å². The molecule has 0 fully saturated rings. The first-order valence-corrected chi connectivity index (χ1v) is 6.73. The van der Waals surface area contributed by atoms with Gasteiger partial charge >= 0.3 is 5.97 Å². The number of methoxy groups -OCH3 is 4. The van der Waals surface area contributed by atoms with Crippen LogP contribution in [0, 0.1) is 0 Å². The maximum Gasteiger partial charge on any atom is 0.373 e. The van der Waals surface area contributed by atoms with Crippen LogP contribution in [0.4, 0.5) is 0 Å². The summed E-state index contributed by atoms with van der Waals surface area (Å²) in [7, 11) is 6.02. The first kappa shape index (κ1) is 18.1. The zero-order valence-corrected chi connectivity index (χ0v) is 13.5. The van der Waals surface area contributed by atoms with E-state index in [0.717, 1.165) is 0 Å². The first-order chi connectivity index (χ1) is 10.6. The minimum atomic E-state index is -0.649. The van der Waals surface area contributed by atoms with Gasteiger partial charge in [-0.2, -0.15) is 4.89 Å². The molecule has 0 heterocycles. The van der Waals surface area contributed by atoms with Crippen molar-refractivity contribution in [3.8, 4) is 17.2 Å². The molecular formula is C15H22O7. The predicted octanol–water partition coefficient (Wildman–Crippen LogP) is 2.23. The molecular weight excluding hydrogens is 292 g/mol. The van der Waals surface area contributed by atoms with Gasteiger partial charge in [0, 0.05) is 13.5 Å². The smallest absolute Gasteiger partial charge is 0.373 e. The van der Waals surface area contributed by atoms with E-state index in [2.05, 4.69) is 0 Å². The lowest BCUT2D eigenvalue weighted by Crippen LogP contribution is -2.12. The number of ether oxygens (including phenoxy) is 4. The van der Waals surface area contributed by atoms with Crippen molar-refractivity contribution in [2.24, 2.45) is 0 Å². The zero-order chi connectivity index (χ0) is 16.5. The Hall–Kier alpha value is -1.99. The summed E-state index contributed by atoms with van der Waals surface area (Å²) < 4.78 is 20.6. The highest BCUT2D eigenvalue weighted by Crippen LogP contribution is 2.38. The van der Waals surface area contributed by atoms with Gasteiger partial charge < -0.3 is 18.9 Å². The van der Waals surface area contributed by atoms with Crippen molar-refractivity contribution in [1.29, 1.82) is 0 Å². The molecule has 1 rings (SSSR count). The Kier molecular flexibility index (Phi) is 7.48. The molecule has 1 unspecified atom stereocenters. The normalized spacial score (nSPS) is 11.7.